The standard InChI is InChI=1S/C73H142O17P2/c1-7-9-11-13-15-17-19-24-31-37-43-49-55-70(75)83-61-68(89-72(77)57-51-45-39-33-25-20-18-16-14-12-10-8-2)63-87-91(79,80)85-59-67(74)60-86-92(81,82)88-64-69(62-84-71(76)56-50-44-38-32-28-27-30-36-42-48-54-66(5)6)90-73(78)58-52-46-40-34-26-22-21-23-29-35-41-47-53-65(3)4/h65-69,74H,7-64H2,1-6H3,(H,79,80)(H,81,82)/t67-,68+,69+/m0/s1. The van der Waals surface area contributed by atoms with Gasteiger partial charge in [-0.15, -0.1) is 0 Å². The number of aliphatic hydroxyl groups is 1. The quantitative estimate of drug-likeness (QED) is 0.0222. The molecule has 0 saturated heterocycles. The van der Waals surface area contributed by atoms with Crippen molar-refractivity contribution < 1.29 is 80.2 Å². The highest BCUT2D eigenvalue weighted by molar-refractivity contribution is 7.47. The van der Waals surface area contributed by atoms with Crippen molar-refractivity contribution in [3.8, 4) is 0 Å². The van der Waals surface area contributed by atoms with Crippen LogP contribution in [-0.2, 0) is 65.4 Å². The van der Waals surface area contributed by atoms with Crippen molar-refractivity contribution in [2.24, 2.45) is 11.8 Å². The molecule has 0 aliphatic carbocycles. The van der Waals surface area contributed by atoms with Crippen LogP contribution in [0.4, 0.5) is 0 Å². The Morgan fingerprint density at radius 3 is 0.739 bits per heavy atom. The molecule has 0 radical (unpaired) electrons. The zero-order valence-corrected chi connectivity index (χ0v) is 61.6. The smallest absolute Gasteiger partial charge is 0.462 e. The molecule has 0 saturated carbocycles. The van der Waals surface area contributed by atoms with Crippen LogP contribution in [-0.4, -0.2) is 96.7 Å². The maximum absolute atomic E-state index is 13.1. The molecule has 3 N–H and O–H groups in total. The molecule has 0 spiro atoms. The van der Waals surface area contributed by atoms with Gasteiger partial charge >= 0.3 is 39.5 Å². The summed E-state index contributed by atoms with van der Waals surface area (Å²) in [4.78, 5) is 72.7. The van der Waals surface area contributed by atoms with Crippen molar-refractivity contribution in [2.45, 2.75) is 394 Å². The monoisotopic (exact) mass is 1350 g/mol. The Kier molecular flexibility index (Phi) is 63.7. The summed E-state index contributed by atoms with van der Waals surface area (Å²) in [6.07, 6.45) is 51.1. The Morgan fingerprint density at radius 2 is 0.500 bits per heavy atom. The van der Waals surface area contributed by atoms with Gasteiger partial charge in [-0.2, -0.15) is 0 Å². The number of rotatable bonds is 72. The van der Waals surface area contributed by atoms with E-state index >= 15 is 0 Å². The van der Waals surface area contributed by atoms with Crippen LogP contribution < -0.4 is 0 Å². The lowest BCUT2D eigenvalue weighted by molar-refractivity contribution is -0.161. The molecule has 0 aromatic rings. The SMILES string of the molecule is CCCCCCCCCCCCCCC(=O)OC[C@H](COP(=O)(O)OC[C@H](O)COP(=O)(O)OC[C@@H](COC(=O)CCCCCCCCCCCCC(C)C)OC(=O)CCCCCCCCCCCCCCC(C)C)OC(=O)CCCCCCCCCCCCCC. The first-order valence-electron chi connectivity index (χ1n) is 38.0. The molecular formula is C73H142O17P2. The number of carbonyl (C=O) groups excluding carboxylic acids is 4. The van der Waals surface area contributed by atoms with Crippen molar-refractivity contribution in [2.75, 3.05) is 39.6 Å². The Balaban J connectivity index is 5.26. The van der Waals surface area contributed by atoms with E-state index in [0.717, 1.165) is 102 Å². The summed E-state index contributed by atoms with van der Waals surface area (Å²) in [5, 5.41) is 10.6. The molecule has 0 bridgehead atoms. The fourth-order valence-electron chi connectivity index (χ4n) is 11.1. The summed E-state index contributed by atoms with van der Waals surface area (Å²) in [7, 11) is -9.91. The molecule has 0 aliphatic rings. The minimum Gasteiger partial charge on any atom is -0.462 e. The van der Waals surface area contributed by atoms with Crippen LogP contribution in [0.2, 0.25) is 0 Å². The molecule has 92 heavy (non-hydrogen) atoms. The number of phosphoric acid groups is 2. The highest BCUT2D eigenvalue weighted by Gasteiger charge is 2.30. The van der Waals surface area contributed by atoms with Crippen molar-refractivity contribution in [3.05, 3.63) is 0 Å². The lowest BCUT2D eigenvalue weighted by Gasteiger charge is -2.21. The van der Waals surface area contributed by atoms with E-state index in [2.05, 4.69) is 41.5 Å². The van der Waals surface area contributed by atoms with Gasteiger partial charge < -0.3 is 33.8 Å². The Morgan fingerprint density at radius 1 is 0.293 bits per heavy atom. The number of unbranched alkanes of at least 4 members (excludes halogenated alkanes) is 42. The minimum atomic E-state index is -4.95. The highest BCUT2D eigenvalue weighted by atomic mass is 31.2. The summed E-state index contributed by atoms with van der Waals surface area (Å²) in [5.41, 5.74) is 0. The molecule has 17 nitrogen and oxygen atoms in total. The van der Waals surface area contributed by atoms with Gasteiger partial charge in [0.1, 0.15) is 19.3 Å². The molecule has 0 aromatic carbocycles. The molecular weight excluding hydrogens is 1210 g/mol. The number of hydrogen-bond acceptors (Lipinski definition) is 15. The topological polar surface area (TPSA) is 237 Å². The number of ether oxygens (including phenoxy) is 4. The molecule has 546 valence electrons. The van der Waals surface area contributed by atoms with E-state index in [0.29, 0.717) is 25.7 Å². The average Bonchev–Trinajstić information content (AvgIpc) is 1.52. The first-order chi connectivity index (χ1) is 44.4. The van der Waals surface area contributed by atoms with E-state index < -0.39 is 97.5 Å². The van der Waals surface area contributed by atoms with E-state index in [1.54, 1.807) is 0 Å². The van der Waals surface area contributed by atoms with E-state index in [-0.39, 0.29) is 25.7 Å². The number of aliphatic hydroxyl groups excluding tert-OH is 1. The van der Waals surface area contributed by atoms with Crippen molar-refractivity contribution in [1.29, 1.82) is 0 Å². The summed E-state index contributed by atoms with van der Waals surface area (Å²) in [6.45, 7) is 9.58. The van der Waals surface area contributed by atoms with Gasteiger partial charge in [-0.1, -0.05) is 324 Å². The maximum atomic E-state index is 13.1. The van der Waals surface area contributed by atoms with E-state index in [1.165, 1.54) is 193 Å². The van der Waals surface area contributed by atoms with Crippen LogP contribution in [0.25, 0.3) is 0 Å². The average molecular weight is 1350 g/mol. The first kappa shape index (κ1) is 90.1. The molecule has 0 aromatic heterocycles. The van der Waals surface area contributed by atoms with Crippen molar-refractivity contribution in [3.63, 3.8) is 0 Å². The molecule has 19 heteroatoms. The van der Waals surface area contributed by atoms with Gasteiger partial charge in [0.15, 0.2) is 12.2 Å². The Hall–Kier alpha value is -1.94. The number of hydrogen-bond donors (Lipinski definition) is 3. The van der Waals surface area contributed by atoms with E-state index in [4.69, 9.17) is 37.0 Å². The molecule has 2 unspecified atom stereocenters. The lowest BCUT2D eigenvalue weighted by atomic mass is 10.0. The zero-order valence-electron chi connectivity index (χ0n) is 59.9. The fourth-order valence-corrected chi connectivity index (χ4v) is 12.7. The van der Waals surface area contributed by atoms with Gasteiger partial charge in [-0.3, -0.25) is 37.3 Å². The Labute approximate surface area is 562 Å². The van der Waals surface area contributed by atoms with Gasteiger partial charge in [0, 0.05) is 25.7 Å². The first-order valence-corrected chi connectivity index (χ1v) is 41.0. The van der Waals surface area contributed by atoms with Crippen LogP contribution >= 0.6 is 15.6 Å². The number of phosphoric ester groups is 2. The molecule has 0 fully saturated rings. The molecule has 5 atom stereocenters. The Bertz CT molecular complexity index is 1790. The fraction of sp³-hybridized carbons (Fsp3) is 0.945. The minimum absolute atomic E-state index is 0.107. The van der Waals surface area contributed by atoms with Gasteiger partial charge in [-0.05, 0) is 37.5 Å². The van der Waals surface area contributed by atoms with Gasteiger partial charge in [-0.25, -0.2) is 9.13 Å². The summed E-state index contributed by atoms with van der Waals surface area (Å²) >= 11 is 0. The second kappa shape index (κ2) is 65.0. The van der Waals surface area contributed by atoms with Crippen LogP contribution in [0.3, 0.4) is 0 Å². The van der Waals surface area contributed by atoms with Crippen molar-refractivity contribution in [1.82, 2.24) is 0 Å². The maximum Gasteiger partial charge on any atom is 0.472 e. The number of carbonyl (C=O) groups is 4. The van der Waals surface area contributed by atoms with Crippen LogP contribution in [0, 0.1) is 11.8 Å². The highest BCUT2D eigenvalue weighted by Crippen LogP contribution is 2.45. The van der Waals surface area contributed by atoms with Gasteiger partial charge in [0.2, 0.25) is 0 Å². The lowest BCUT2D eigenvalue weighted by Crippen LogP contribution is -2.30. The predicted molar refractivity (Wildman–Crippen MR) is 372 cm³/mol. The third-order valence-corrected chi connectivity index (χ3v) is 18.9. The van der Waals surface area contributed by atoms with Gasteiger partial charge in [0.25, 0.3) is 0 Å². The number of esters is 4. The molecule has 0 rings (SSSR count). The third kappa shape index (κ3) is 66.7. The molecule has 0 heterocycles. The third-order valence-electron chi connectivity index (χ3n) is 17.0. The van der Waals surface area contributed by atoms with E-state index in [1.807, 2.05) is 0 Å². The van der Waals surface area contributed by atoms with Crippen LogP contribution in [0.5, 0.6) is 0 Å². The van der Waals surface area contributed by atoms with Gasteiger partial charge in [0.05, 0.1) is 26.4 Å². The predicted octanol–water partition coefficient (Wildman–Crippen LogP) is 21.2. The largest absolute Gasteiger partial charge is 0.472 e. The summed E-state index contributed by atoms with van der Waals surface area (Å²) in [6, 6.07) is 0. The molecule has 0 amide bonds. The van der Waals surface area contributed by atoms with Crippen molar-refractivity contribution >= 4 is 39.5 Å². The van der Waals surface area contributed by atoms with E-state index in [9.17, 15) is 43.2 Å². The second-order valence-electron chi connectivity index (χ2n) is 27.3. The normalized spacial score (nSPS) is 14.1. The van der Waals surface area contributed by atoms with Crippen LogP contribution in [0.15, 0.2) is 0 Å². The molecule has 0 aliphatic heterocycles. The second-order valence-corrected chi connectivity index (χ2v) is 30.2. The summed E-state index contributed by atoms with van der Waals surface area (Å²) < 4.78 is 68.4. The van der Waals surface area contributed by atoms with Crippen LogP contribution in [0.1, 0.15) is 375 Å². The summed E-state index contributed by atoms with van der Waals surface area (Å²) in [5.74, 6) is -0.582. The zero-order chi connectivity index (χ0) is 67.9.